The zero-order valence-corrected chi connectivity index (χ0v) is 15.1. The van der Waals surface area contributed by atoms with Gasteiger partial charge in [-0.3, -0.25) is 4.79 Å². The number of hydrogen-bond acceptors (Lipinski definition) is 5. The van der Waals surface area contributed by atoms with Crippen molar-refractivity contribution in [2.45, 2.75) is 12.6 Å². The van der Waals surface area contributed by atoms with Gasteiger partial charge in [0.05, 0.1) is 35.9 Å². The molecule has 0 radical (unpaired) electrons. The third kappa shape index (κ3) is 5.01. The minimum atomic E-state index is -4.54. The number of hydrogen-bond donors (Lipinski definition) is 1. The first-order valence-electron chi connectivity index (χ1n) is 8.39. The first kappa shape index (κ1) is 19.7. The first-order valence-corrected chi connectivity index (χ1v) is 10.1. The van der Waals surface area contributed by atoms with Crippen molar-refractivity contribution >= 4 is 27.1 Å². The van der Waals surface area contributed by atoms with Crippen molar-refractivity contribution < 1.29 is 31.1 Å². The number of nitrogens with one attached hydrogen (secondary N) is 1. The summed E-state index contributed by atoms with van der Waals surface area (Å²) < 4.78 is 67.3. The van der Waals surface area contributed by atoms with Crippen LogP contribution in [-0.4, -0.2) is 46.4 Å². The van der Waals surface area contributed by atoms with Gasteiger partial charge in [0.1, 0.15) is 0 Å². The molecule has 0 aromatic heterocycles. The van der Waals surface area contributed by atoms with Gasteiger partial charge in [-0.25, -0.2) is 8.42 Å². The molecule has 1 saturated heterocycles. The lowest BCUT2D eigenvalue weighted by atomic mass is 10.1. The Hall–Kier alpha value is -2.07. The third-order valence-electron chi connectivity index (χ3n) is 4.40. The van der Waals surface area contributed by atoms with Crippen molar-refractivity contribution in [3.63, 3.8) is 0 Å². The Morgan fingerprint density at radius 2 is 1.96 bits per heavy atom. The monoisotopic (exact) mass is 404 g/mol. The van der Waals surface area contributed by atoms with Gasteiger partial charge in [0.25, 0.3) is 0 Å². The molecule has 1 aromatic carbocycles. The summed E-state index contributed by atoms with van der Waals surface area (Å²) in [5, 5.41) is 3.59. The molecule has 3 rings (SSSR count). The summed E-state index contributed by atoms with van der Waals surface area (Å²) in [7, 11) is -3.30. The average Bonchev–Trinajstić information content (AvgIpc) is 2.93. The standard InChI is InChI=1S/C17H19F3N2O4S/c18-17(19,20)13-1-2-15(22-4-6-26-7-5-22)14(10-13)21-16(23)9-12-3-8-27(24,25)11-12/h1-3,8,10,12H,4-7,9,11H2,(H,21,23). The van der Waals surface area contributed by atoms with Crippen LogP contribution in [0.1, 0.15) is 12.0 Å². The number of allylic oxidation sites excluding steroid dienone is 1. The number of halogens is 3. The van der Waals surface area contributed by atoms with Crippen LogP contribution in [0.2, 0.25) is 0 Å². The number of amides is 1. The zero-order chi connectivity index (χ0) is 19.7. The number of rotatable bonds is 4. The fourth-order valence-corrected chi connectivity index (χ4v) is 4.50. The Labute approximate surface area is 154 Å². The maximum Gasteiger partial charge on any atom is 0.416 e. The summed E-state index contributed by atoms with van der Waals surface area (Å²) in [5.41, 5.74) is -0.325. The number of sulfone groups is 1. The van der Waals surface area contributed by atoms with Gasteiger partial charge in [-0.05, 0) is 18.2 Å². The summed E-state index contributed by atoms with van der Waals surface area (Å²) in [5.74, 6) is -1.18. The van der Waals surface area contributed by atoms with E-state index in [0.717, 1.165) is 17.5 Å². The van der Waals surface area contributed by atoms with E-state index >= 15 is 0 Å². The van der Waals surface area contributed by atoms with Gasteiger partial charge in [-0.1, -0.05) is 6.08 Å². The molecule has 0 aliphatic carbocycles. The van der Waals surface area contributed by atoms with Gasteiger partial charge in [-0.15, -0.1) is 0 Å². The number of ether oxygens (including phenoxy) is 1. The molecular weight excluding hydrogens is 385 g/mol. The zero-order valence-electron chi connectivity index (χ0n) is 14.3. The lowest BCUT2D eigenvalue weighted by Gasteiger charge is -2.31. The van der Waals surface area contributed by atoms with Crippen molar-refractivity contribution in [3.8, 4) is 0 Å². The molecule has 1 N–H and O–H groups in total. The van der Waals surface area contributed by atoms with Gasteiger partial charge in [0.2, 0.25) is 5.91 Å². The highest BCUT2D eigenvalue weighted by atomic mass is 32.2. The topological polar surface area (TPSA) is 75.7 Å². The molecule has 1 fully saturated rings. The van der Waals surface area contributed by atoms with Crippen LogP contribution in [0.5, 0.6) is 0 Å². The Morgan fingerprint density at radius 3 is 2.56 bits per heavy atom. The maximum atomic E-state index is 13.1. The van der Waals surface area contributed by atoms with Crippen LogP contribution in [0.25, 0.3) is 0 Å². The van der Waals surface area contributed by atoms with Gasteiger partial charge in [0.15, 0.2) is 9.84 Å². The van der Waals surface area contributed by atoms with Crippen molar-refractivity contribution in [2.24, 2.45) is 5.92 Å². The summed E-state index contributed by atoms with van der Waals surface area (Å²) in [6.45, 7) is 1.88. The van der Waals surface area contributed by atoms with Crippen molar-refractivity contribution in [1.29, 1.82) is 0 Å². The van der Waals surface area contributed by atoms with E-state index in [9.17, 15) is 26.4 Å². The minimum absolute atomic E-state index is 0.0570. The molecule has 2 heterocycles. The number of carbonyl (C=O) groups excluding carboxylic acids is 1. The van der Waals surface area contributed by atoms with E-state index in [1.54, 1.807) is 0 Å². The first-order chi connectivity index (χ1) is 12.6. The van der Waals surface area contributed by atoms with Gasteiger partial charge < -0.3 is 15.0 Å². The molecule has 0 bridgehead atoms. The normalized spacial score (nSPS) is 22.0. The number of benzene rings is 1. The smallest absolute Gasteiger partial charge is 0.378 e. The molecule has 0 saturated carbocycles. The molecule has 2 aliphatic rings. The number of alkyl halides is 3. The molecule has 1 atom stereocenters. The lowest BCUT2D eigenvalue weighted by Crippen LogP contribution is -2.37. The van der Waals surface area contributed by atoms with E-state index in [1.807, 2.05) is 4.90 Å². The van der Waals surface area contributed by atoms with E-state index < -0.39 is 33.4 Å². The number of carbonyl (C=O) groups is 1. The number of nitrogens with zero attached hydrogens (tertiary/aromatic N) is 1. The van der Waals surface area contributed by atoms with Crippen LogP contribution in [0.4, 0.5) is 24.5 Å². The second kappa shape index (κ2) is 7.51. The SMILES string of the molecule is O=C(CC1C=CS(=O)(=O)C1)Nc1cc(C(F)(F)F)ccc1N1CCOCC1. The van der Waals surface area contributed by atoms with Crippen LogP contribution in [0.3, 0.4) is 0 Å². The predicted molar refractivity (Wildman–Crippen MR) is 94.1 cm³/mol. The van der Waals surface area contributed by atoms with Crippen molar-refractivity contribution in [3.05, 3.63) is 35.2 Å². The quantitative estimate of drug-likeness (QED) is 0.834. The van der Waals surface area contributed by atoms with E-state index in [0.29, 0.717) is 32.0 Å². The van der Waals surface area contributed by atoms with E-state index in [1.165, 1.54) is 12.1 Å². The average molecular weight is 404 g/mol. The Kier molecular flexibility index (Phi) is 5.48. The highest BCUT2D eigenvalue weighted by molar-refractivity contribution is 7.94. The summed E-state index contributed by atoms with van der Waals surface area (Å²) in [4.78, 5) is 14.2. The van der Waals surface area contributed by atoms with Gasteiger partial charge in [0, 0.05) is 30.8 Å². The molecule has 27 heavy (non-hydrogen) atoms. The summed E-state index contributed by atoms with van der Waals surface area (Å²) >= 11 is 0. The molecule has 148 valence electrons. The second-order valence-electron chi connectivity index (χ2n) is 6.50. The highest BCUT2D eigenvalue weighted by Crippen LogP contribution is 2.36. The highest BCUT2D eigenvalue weighted by Gasteiger charge is 2.32. The van der Waals surface area contributed by atoms with E-state index in [2.05, 4.69) is 5.32 Å². The molecule has 2 aliphatic heterocycles. The Morgan fingerprint density at radius 1 is 1.26 bits per heavy atom. The molecule has 6 nitrogen and oxygen atoms in total. The fourth-order valence-electron chi connectivity index (χ4n) is 3.10. The number of morpholine rings is 1. The molecule has 1 aromatic rings. The molecule has 0 spiro atoms. The van der Waals surface area contributed by atoms with Gasteiger partial charge in [-0.2, -0.15) is 13.2 Å². The van der Waals surface area contributed by atoms with Crippen LogP contribution in [-0.2, 0) is 25.5 Å². The summed E-state index contributed by atoms with van der Waals surface area (Å²) in [6.07, 6.45) is -3.22. The molecular formula is C17H19F3N2O4S. The Bertz CT molecular complexity index is 846. The molecule has 1 amide bonds. The minimum Gasteiger partial charge on any atom is -0.378 e. The largest absolute Gasteiger partial charge is 0.416 e. The predicted octanol–water partition coefficient (Wildman–Crippen LogP) is 2.43. The summed E-state index contributed by atoms with van der Waals surface area (Å²) in [6, 6.07) is 3.22. The van der Waals surface area contributed by atoms with Gasteiger partial charge >= 0.3 is 6.18 Å². The van der Waals surface area contributed by atoms with E-state index in [-0.39, 0.29) is 17.9 Å². The van der Waals surface area contributed by atoms with Crippen LogP contribution in [0.15, 0.2) is 29.7 Å². The second-order valence-corrected chi connectivity index (χ2v) is 8.43. The van der Waals surface area contributed by atoms with Crippen LogP contribution in [0, 0.1) is 5.92 Å². The maximum absolute atomic E-state index is 13.1. The number of anilines is 2. The molecule has 1 unspecified atom stereocenters. The lowest BCUT2D eigenvalue weighted by molar-refractivity contribution is -0.137. The van der Waals surface area contributed by atoms with Crippen LogP contribution < -0.4 is 10.2 Å². The van der Waals surface area contributed by atoms with E-state index in [4.69, 9.17) is 4.74 Å². The third-order valence-corrected chi connectivity index (χ3v) is 5.87. The fraction of sp³-hybridized carbons (Fsp3) is 0.471. The van der Waals surface area contributed by atoms with Crippen LogP contribution >= 0.6 is 0 Å². The Balaban J connectivity index is 1.80. The van der Waals surface area contributed by atoms with Crippen molar-refractivity contribution in [1.82, 2.24) is 0 Å². The van der Waals surface area contributed by atoms with Crippen molar-refractivity contribution in [2.75, 3.05) is 42.3 Å². The molecule has 10 heteroatoms.